The number of ether oxygens (including phenoxy) is 1. The number of unbranched alkanes of at least 4 members (excludes halogenated alkanes) is 1. The van der Waals surface area contributed by atoms with E-state index >= 15 is 0 Å². The number of carbonyl (C=O) groups is 1. The molecule has 1 fully saturated rings. The fourth-order valence-electron chi connectivity index (χ4n) is 4.70. The van der Waals surface area contributed by atoms with Gasteiger partial charge < -0.3 is 14.5 Å². The summed E-state index contributed by atoms with van der Waals surface area (Å²) in [7, 11) is -3.43. The van der Waals surface area contributed by atoms with Crippen molar-refractivity contribution in [2.45, 2.75) is 43.5 Å². The van der Waals surface area contributed by atoms with Crippen LogP contribution >= 0.6 is 11.6 Å². The van der Waals surface area contributed by atoms with Gasteiger partial charge in [0.15, 0.2) is 9.84 Å². The summed E-state index contributed by atoms with van der Waals surface area (Å²) in [6, 6.07) is 14.6. The first kappa shape index (κ1) is 26.2. The molecule has 192 valence electrons. The summed E-state index contributed by atoms with van der Waals surface area (Å²) in [5, 5.41) is 2.36. The molecule has 2 heterocycles. The van der Waals surface area contributed by atoms with Crippen molar-refractivity contribution >= 4 is 44.0 Å². The van der Waals surface area contributed by atoms with Crippen molar-refractivity contribution in [3.63, 3.8) is 0 Å². The van der Waals surface area contributed by atoms with E-state index in [0.29, 0.717) is 35.9 Å². The zero-order valence-electron chi connectivity index (χ0n) is 20.5. The van der Waals surface area contributed by atoms with Crippen molar-refractivity contribution in [3.05, 3.63) is 65.9 Å². The fraction of sp³-hybridized carbons (Fsp3) is 0.407. The van der Waals surface area contributed by atoms with Crippen molar-refractivity contribution in [3.8, 4) is 0 Å². The molecule has 0 radical (unpaired) electrons. The topological polar surface area (TPSA) is 79.8 Å². The van der Waals surface area contributed by atoms with Crippen molar-refractivity contribution < 1.29 is 17.9 Å². The van der Waals surface area contributed by atoms with Gasteiger partial charge in [0.1, 0.15) is 0 Å². The largest absolute Gasteiger partial charge is 0.450 e. The first-order chi connectivity index (χ1) is 17.4. The van der Waals surface area contributed by atoms with Gasteiger partial charge >= 0.3 is 6.09 Å². The SMILES string of the molecule is CCOC(=O)N(CCCCS(=O)(=O)c1ccc2cc(Cl)ccc2c1)C1CCN(c2ccncc2)CC1. The fourth-order valence-corrected chi connectivity index (χ4v) is 6.28. The number of pyridine rings is 1. The highest BCUT2D eigenvalue weighted by Gasteiger charge is 2.29. The van der Waals surface area contributed by atoms with Gasteiger partial charge in [-0.3, -0.25) is 4.98 Å². The minimum atomic E-state index is -3.43. The molecule has 9 heteroatoms. The molecule has 4 rings (SSSR count). The van der Waals surface area contributed by atoms with Crippen molar-refractivity contribution in [1.82, 2.24) is 9.88 Å². The molecule has 0 atom stereocenters. The van der Waals surface area contributed by atoms with Crippen LogP contribution in [0.5, 0.6) is 0 Å². The Bertz CT molecular complexity index is 1280. The maximum Gasteiger partial charge on any atom is 0.409 e. The lowest BCUT2D eigenvalue weighted by Gasteiger charge is -2.39. The highest BCUT2D eigenvalue weighted by atomic mass is 35.5. The molecule has 1 aromatic heterocycles. The number of sulfone groups is 1. The van der Waals surface area contributed by atoms with Gasteiger partial charge in [-0.15, -0.1) is 0 Å². The van der Waals surface area contributed by atoms with E-state index in [-0.39, 0.29) is 17.9 Å². The number of piperidine rings is 1. The minimum Gasteiger partial charge on any atom is -0.450 e. The first-order valence-electron chi connectivity index (χ1n) is 12.4. The van der Waals surface area contributed by atoms with Crippen LogP contribution in [0.1, 0.15) is 32.6 Å². The average molecular weight is 530 g/mol. The molecule has 0 aliphatic carbocycles. The third kappa shape index (κ3) is 6.48. The maximum absolute atomic E-state index is 13.0. The zero-order chi connectivity index (χ0) is 25.5. The molecule has 36 heavy (non-hydrogen) atoms. The second-order valence-electron chi connectivity index (χ2n) is 9.00. The molecular formula is C27H32ClN3O4S. The Morgan fingerprint density at radius 3 is 2.47 bits per heavy atom. The monoisotopic (exact) mass is 529 g/mol. The van der Waals surface area contributed by atoms with Gasteiger partial charge in [0.25, 0.3) is 0 Å². The lowest BCUT2D eigenvalue weighted by molar-refractivity contribution is 0.0833. The summed E-state index contributed by atoms with van der Waals surface area (Å²) >= 11 is 6.03. The van der Waals surface area contributed by atoms with E-state index in [0.717, 1.165) is 42.4 Å². The summed E-state index contributed by atoms with van der Waals surface area (Å²) in [5.41, 5.74) is 1.13. The Morgan fingerprint density at radius 2 is 1.75 bits per heavy atom. The summed E-state index contributed by atoms with van der Waals surface area (Å²) in [6.07, 6.45) is 5.97. The molecule has 3 aromatic rings. The van der Waals surface area contributed by atoms with Gasteiger partial charge in [0.05, 0.1) is 17.3 Å². The van der Waals surface area contributed by atoms with Crippen LogP contribution < -0.4 is 4.90 Å². The Balaban J connectivity index is 1.33. The summed E-state index contributed by atoms with van der Waals surface area (Å²) in [5.74, 6) is 0.0310. The zero-order valence-corrected chi connectivity index (χ0v) is 22.0. The van der Waals surface area contributed by atoms with E-state index in [9.17, 15) is 13.2 Å². The van der Waals surface area contributed by atoms with Gasteiger partial charge in [-0.25, -0.2) is 13.2 Å². The van der Waals surface area contributed by atoms with Crippen molar-refractivity contribution in [2.24, 2.45) is 0 Å². The number of anilines is 1. The van der Waals surface area contributed by atoms with Crippen LogP contribution in [0.3, 0.4) is 0 Å². The van der Waals surface area contributed by atoms with E-state index < -0.39 is 9.84 Å². The van der Waals surface area contributed by atoms with Crippen molar-refractivity contribution in [1.29, 1.82) is 0 Å². The predicted molar refractivity (Wildman–Crippen MR) is 143 cm³/mol. The van der Waals surface area contributed by atoms with Crippen LogP contribution in [0.4, 0.5) is 10.5 Å². The lowest BCUT2D eigenvalue weighted by Crippen LogP contribution is -2.48. The van der Waals surface area contributed by atoms with Gasteiger partial charge in [-0.1, -0.05) is 23.7 Å². The van der Waals surface area contributed by atoms with E-state index in [1.807, 2.05) is 24.3 Å². The second kappa shape index (κ2) is 11.9. The highest BCUT2D eigenvalue weighted by Crippen LogP contribution is 2.25. The van der Waals surface area contributed by atoms with Crippen LogP contribution in [0.2, 0.25) is 5.02 Å². The number of carbonyl (C=O) groups excluding carboxylic acids is 1. The first-order valence-corrected chi connectivity index (χ1v) is 14.4. The van der Waals surface area contributed by atoms with Crippen LogP contribution in [0.15, 0.2) is 65.8 Å². The molecule has 1 aliphatic rings. The Hall–Kier alpha value is -2.84. The van der Waals surface area contributed by atoms with Gasteiger partial charge in [0, 0.05) is 48.8 Å². The molecule has 1 aliphatic heterocycles. The third-order valence-electron chi connectivity index (χ3n) is 6.63. The normalized spacial score (nSPS) is 14.7. The number of benzene rings is 2. The summed E-state index contributed by atoms with van der Waals surface area (Å²) < 4.78 is 31.2. The second-order valence-corrected chi connectivity index (χ2v) is 11.5. The number of nitrogens with zero attached hydrogens (tertiary/aromatic N) is 3. The molecule has 1 saturated heterocycles. The number of halogens is 1. The van der Waals surface area contributed by atoms with Crippen LogP contribution in [-0.2, 0) is 14.6 Å². The van der Waals surface area contributed by atoms with Crippen LogP contribution in [0, 0.1) is 0 Å². The smallest absolute Gasteiger partial charge is 0.409 e. The molecule has 7 nitrogen and oxygen atoms in total. The minimum absolute atomic E-state index is 0.0310. The number of hydrogen-bond acceptors (Lipinski definition) is 6. The third-order valence-corrected chi connectivity index (χ3v) is 8.66. The highest BCUT2D eigenvalue weighted by molar-refractivity contribution is 7.91. The standard InChI is InChI=1S/C27H32ClN3O4S/c1-2-35-27(32)31(25-11-16-30(17-12-25)24-9-13-29-14-10-24)15-3-4-18-36(33,34)26-8-6-21-19-23(28)7-5-22(21)20-26/h5-10,13-14,19-20,25H,2-4,11-12,15-18H2,1H3. The summed E-state index contributed by atoms with van der Waals surface area (Å²) in [6.45, 7) is 4.27. The van der Waals surface area contributed by atoms with Gasteiger partial charge in [0.2, 0.25) is 0 Å². The van der Waals surface area contributed by atoms with E-state index in [1.54, 1.807) is 48.5 Å². The Kier molecular flexibility index (Phi) is 8.69. The Morgan fingerprint density at radius 1 is 1.06 bits per heavy atom. The van der Waals surface area contributed by atoms with Crippen LogP contribution in [-0.4, -0.2) is 62.4 Å². The summed E-state index contributed by atoms with van der Waals surface area (Å²) in [4.78, 5) is 21.2. The average Bonchev–Trinajstić information content (AvgIpc) is 2.89. The van der Waals surface area contributed by atoms with Gasteiger partial charge in [-0.05, 0) is 79.8 Å². The maximum atomic E-state index is 13.0. The van der Waals surface area contributed by atoms with E-state index in [2.05, 4.69) is 9.88 Å². The van der Waals surface area contributed by atoms with E-state index in [1.165, 1.54) is 0 Å². The van der Waals surface area contributed by atoms with Crippen molar-refractivity contribution in [2.75, 3.05) is 36.9 Å². The predicted octanol–water partition coefficient (Wildman–Crippen LogP) is 5.57. The number of amides is 1. The molecule has 0 unspecified atom stereocenters. The molecule has 0 saturated carbocycles. The Labute approximate surface area is 217 Å². The van der Waals surface area contributed by atoms with Gasteiger partial charge in [-0.2, -0.15) is 0 Å². The number of aromatic nitrogens is 1. The quantitative estimate of drug-likeness (QED) is 0.337. The molecule has 2 aromatic carbocycles. The van der Waals surface area contributed by atoms with E-state index in [4.69, 9.17) is 16.3 Å². The van der Waals surface area contributed by atoms with Crippen LogP contribution in [0.25, 0.3) is 10.8 Å². The number of fused-ring (bicyclic) bond motifs is 1. The molecule has 1 amide bonds. The number of rotatable bonds is 9. The lowest BCUT2D eigenvalue weighted by atomic mass is 10.0. The molecular weight excluding hydrogens is 498 g/mol. The molecule has 0 bridgehead atoms. The molecule has 0 spiro atoms. The number of hydrogen-bond donors (Lipinski definition) is 0. The molecule has 0 N–H and O–H groups in total.